The van der Waals surface area contributed by atoms with Crippen LogP contribution in [-0.4, -0.2) is 17.1 Å². The molecule has 4 nitrogen and oxygen atoms in total. The first kappa shape index (κ1) is 14.5. The van der Waals surface area contributed by atoms with Crippen molar-refractivity contribution >= 4 is 11.6 Å². The number of hydrogen-bond acceptors (Lipinski definition) is 3. The van der Waals surface area contributed by atoms with Crippen molar-refractivity contribution < 1.29 is 9.90 Å². The molecule has 18 heavy (non-hydrogen) atoms. The number of carbonyl (C=O) groups excluding carboxylic acids is 1. The van der Waals surface area contributed by atoms with E-state index < -0.39 is 6.04 Å². The normalized spacial score (nSPS) is 13.2. The van der Waals surface area contributed by atoms with E-state index in [0.29, 0.717) is 5.69 Å². The van der Waals surface area contributed by atoms with Gasteiger partial charge >= 0.3 is 0 Å². The van der Waals surface area contributed by atoms with Crippen LogP contribution in [0.3, 0.4) is 0 Å². The molecule has 4 N–H and O–H groups in total. The van der Waals surface area contributed by atoms with Crippen LogP contribution in [-0.2, 0) is 4.79 Å². The van der Waals surface area contributed by atoms with Gasteiger partial charge < -0.3 is 16.2 Å². The Morgan fingerprint density at radius 1 is 1.28 bits per heavy atom. The number of anilines is 1. The van der Waals surface area contributed by atoms with Gasteiger partial charge in [-0.1, -0.05) is 20.8 Å². The summed E-state index contributed by atoms with van der Waals surface area (Å²) in [5.74, 6) is 0.0151. The number of aromatic hydroxyl groups is 1. The smallest absolute Gasteiger partial charge is 0.241 e. The number of aryl methyl sites for hydroxylation is 2. The monoisotopic (exact) mass is 250 g/mol. The highest BCUT2D eigenvalue weighted by Crippen LogP contribution is 2.26. The Morgan fingerprint density at radius 2 is 1.83 bits per heavy atom. The Hall–Kier alpha value is -1.55. The number of amides is 1. The fourth-order valence-corrected chi connectivity index (χ4v) is 1.54. The summed E-state index contributed by atoms with van der Waals surface area (Å²) in [6.45, 7) is 9.38. The zero-order valence-electron chi connectivity index (χ0n) is 11.7. The molecule has 0 aromatic heterocycles. The molecule has 0 unspecified atom stereocenters. The van der Waals surface area contributed by atoms with Gasteiger partial charge in [0, 0.05) is 5.69 Å². The molecular formula is C14H22N2O2. The first-order valence-corrected chi connectivity index (χ1v) is 5.99. The lowest BCUT2D eigenvalue weighted by Crippen LogP contribution is -2.45. The van der Waals surface area contributed by atoms with Crippen LogP contribution in [0, 0.1) is 19.3 Å². The molecule has 0 heterocycles. The molecule has 0 aliphatic heterocycles. The average molecular weight is 250 g/mol. The molecule has 1 rings (SSSR count). The fraction of sp³-hybridized carbons (Fsp3) is 0.500. The van der Waals surface area contributed by atoms with Crippen molar-refractivity contribution in [1.82, 2.24) is 0 Å². The van der Waals surface area contributed by atoms with Gasteiger partial charge in [0.25, 0.3) is 0 Å². The zero-order valence-corrected chi connectivity index (χ0v) is 11.7. The number of nitrogens with one attached hydrogen (secondary N) is 1. The van der Waals surface area contributed by atoms with E-state index in [1.165, 1.54) is 0 Å². The van der Waals surface area contributed by atoms with Crippen LogP contribution in [0.5, 0.6) is 5.75 Å². The molecule has 0 saturated carbocycles. The number of hydrogen-bond donors (Lipinski definition) is 3. The lowest BCUT2D eigenvalue weighted by Gasteiger charge is -2.26. The second-order valence-electron chi connectivity index (χ2n) is 5.79. The van der Waals surface area contributed by atoms with Gasteiger partial charge in [-0.25, -0.2) is 0 Å². The van der Waals surface area contributed by atoms with E-state index >= 15 is 0 Å². The minimum atomic E-state index is -0.578. The summed E-state index contributed by atoms with van der Waals surface area (Å²) in [6.07, 6.45) is 0. The van der Waals surface area contributed by atoms with Crippen molar-refractivity contribution in [1.29, 1.82) is 0 Å². The number of nitrogens with two attached hydrogens (primary N) is 1. The van der Waals surface area contributed by atoms with E-state index in [4.69, 9.17) is 5.73 Å². The zero-order chi connectivity index (χ0) is 14.1. The maximum Gasteiger partial charge on any atom is 0.241 e. The quantitative estimate of drug-likeness (QED) is 0.705. The summed E-state index contributed by atoms with van der Waals surface area (Å²) < 4.78 is 0. The molecular weight excluding hydrogens is 228 g/mol. The lowest BCUT2D eigenvalue weighted by molar-refractivity contribution is -0.119. The van der Waals surface area contributed by atoms with Crippen LogP contribution in [0.2, 0.25) is 0 Å². The molecule has 1 atom stereocenters. The molecule has 0 saturated heterocycles. The van der Waals surface area contributed by atoms with Crippen LogP contribution in [0.1, 0.15) is 31.9 Å². The molecule has 1 aromatic carbocycles. The Bertz CT molecular complexity index is 462. The van der Waals surface area contributed by atoms with Gasteiger partial charge in [-0.2, -0.15) is 0 Å². The van der Waals surface area contributed by atoms with E-state index in [9.17, 15) is 9.90 Å². The van der Waals surface area contributed by atoms with Crippen LogP contribution >= 0.6 is 0 Å². The second kappa shape index (κ2) is 4.98. The predicted octanol–water partition coefficient (Wildman–Crippen LogP) is 2.32. The number of phenols is 1. The minimum Gasteiger partial charge on any atom is -0.508 e. The third kappa shape index (κ3) is 3.23. The van der Waals surface area contributed by atoms with E-state index in [2.05, 4.69) is 5.32 Å². The molecule has 0 bridgehead atoms. The SMILES string of the molecule is Cc1cc(NC(=O)[C@@H](N)C(C)(C)C)c(C)cc1O. The maximum atomic E-state index is 12.0. The number of benzene rings is 1. The van der Waals surface area contributed by atoms with Crippen molar-refractivity contribution in [3.63, 3.8) is 0 Å². The van der Waals surface area contributed by atoms with Crippen LogP contribution in [0.15, 0.2) is 12.1 Å². The summed E-state index contributed by atoms with van der Waals surface area (Å²) in [5.41, 5.74) is 7.84. The molecule has 1 aromatic rings. The van der Waals surface area contributed by atoms with Gasteiger partial charge in [0.1, 0.15) is 5.75 Å². The van der Waals surface area contributed by atoms with Crippen LogP contribution in [0.4, 0.5) is 5.69 Å². The van der Waals surface area contributed by atoms with Crippen molar-refractivity contribution in [2.45, 2.75) is 40.7 Å². The van der Waals surface area contributed by atoms with E-state index in [1.54, 1.807) is 19.1 Å². The fourth-order valence-electron chi connectivity index (χ4n) is 1.54. The van der Waals surface area contributed by atoms with Crippen molar-refractivity contribution in [2.75, 3.05) is 5.32 Å². The first-order chi connectivity index (χ1) is 8.12. The summed E-state index contributed by atoms with van der Waals surface area (Å²) >= 11 is 0. The molecule has 0 spiro atoms. The van der Waals surface area contributed by atoms with Crippen LogP contribution in [0.25, 0.3) is 0 Å². The Labute approximate surface area is 108 Å². The van der Waals surface area contributed by atoms with Crippen molar-refractivity contribution in [3.8, 4) is 5.75 Å². The highest BCUT2D eigenvalue weighted by atomic mass is 16.3. The maximum absolute atomic E-state index is 12.0. The average Bonchev–Trinajstić information content (AvgIpc) is 2.23. The molecule has 4 heteroatoms. The standard InChI is InChI=1S/C14H22N2O2/c1-8-7-11(17)9(2)6-10(8)16-13(18)12(15)14(3,4)5/h6-7,12,17H,15H2,1-5H3,(H,16,18)/t12-/m1/s1. The molecule has 1 amide bonds. The largest absolute Gasteiger partial charge is 0.508 e. The second-order valence-corrected chi connectivity index (χ2v) is 5.79. The number of rotatable bonds is 2. The number of carbonyl (C=O) groups is 1. The van der Waals surface area contributed by atoms with Gasteiger partial charge in [-0.05, 0) is 42.5 Å². The van der Waals surface area contributed by atoms with E-state index in [-0.39, 0.29) is 17.1 Å². The summed E-state index contributed by atoms with van der Waals surface area (Å²) in [7, 11) is 0. The molecule has 100 valence electrons. The van der Waals surface area contributed by atoms with Crippen molar-refractivity contribution in [2.24, 2.45) is 11.1 Å². The third-order valence-electron chi connectivity index (χ3n) is 3.02. The Kier molecular flexibility index (Phi) is 4.02. The van der Waals surface area contributed by atoms with Gasteiger partial charge in [0.2, 0.25) is 5.91 Å². The summed E-state index contributed by atoms with van der Waals surface area (Å²) in [5, 5.41) is 12.4. The molecule has 0 radical (unpaired) electrons. The molecule has 0 aliphatic rings. The van der Waals surface area contributed by atoms with Gasteiger partial charge in [0.05, 0.1) is 6.04 Å². The first-order valence-electron chi connectivity index (χ1n) is 5.99. The Balaban J connectivity index is 2.92. The molecule has 0 fully saturated rings. The van der Waals surface area contributed by atoms with Gasteiger partial charge in [-0.15, -0.1) is 0 Å². The lowest BCUT2D eigenvalue weighted by atomic mass is 9.87. The highest BCUT2D eigenvalue weighted by molar-refractivity contribution is 5.96. The van der Waals surface area contributed by atoms with Crippen LogP contribution < -0.4 is 11.1 Å². The van der Waals surface area contributed by atoms with E-state index in [0.717, 1.165) is 11.1 Å². The summed E-state index contributed by atoms with van der Waals surface area (Å²) in [6, 6.07) is 2.80. The summed E-state index contributed by atoms with van der Waals surface area (Å²) in [4.78, 5) is 12.0. The molecule has 0 aliphatic carbocycles. The minimum absolute atomic E-state index is 0.212. The highest BCUT2D eigenvalue weighted by Gasteiger charge is 2.27. The Morgan fingerprint density at radius 3 is 2.33 bits per heavy atom. The van der Waals surface area contributed by atoms with Gasteiger partial charge in [-0.3, -0.25) is 4.79 Å². The van der Waals surface area contributed by atoms with E-state index in [1.807, 2.05) is 27.7 Å². The topological polar surface area (TPSA) is 75.4 Å². The predicted molar refractivity (Wildman–Crippen MR) is 73.6 cm³/mol. The number of phenolic OH excluding ortho intramolecular Hbond substituents is 1. The van der Waals surface area contributed by atoms with Gasteiger partial charge in [0.15, 0.2) is 0 Å². The van der Waals surface area contributed by atoms with Crippen molar-refractivity contribution in [3.05, 3.63) is 23.3 Å². The third-order valence-corrected chi connectivity index (χ3v) is 3.02.